The van der Waals surface area contributed by atoms with E-state index in [1.165, 1.54) is 0 Å². The summed E-state index contributed by atoms with van der Waals surface area (Å²) in [6.45, 7) is 2.43. The third-order valence-electron chi connectivity index (χ3n) is 2.16. The Labute approximate surface area is 60.1 Å². The largest absolute Gasteiger partial charge is 0.315 e. The van der Waals surface area contributed by atoms with Gasteiger partial charge in [-0.1, -0.05) is 0 Å². The van der Waals surface area contributed by atoms with Crippen molar-refractivity contribution < 1.29 is 8.42 Å². The summed E-state index contributed by atoms with van der Waals surface area (Å²) >= 11 is 0. The van der Waals surface area contributed by atoms with Crippen LogP contribution in [0, 0.1) is 5.41 Å². The topological polar surface area (TPSA) is 58.2 Å². The number of nitrogens with one attached hydrogen (secondary N) is 2. The van der Waals surface area contributed by atoms with Crippen LogP contribution in [0.4, 0.5) is 0 Å². The molecule has 56 valence electrons. The fourth-order valence-corrected chi connectivity index (χ4v) is 2.12. The summed E-state index contributed by atoms with van der Waals surface area (Å²) in [5, 5.41) is 5.86. The van der Waals surface area contributed by atoms with Crippen LogP contribution >= 0.6 is 0 Å². The van der Waals surface area contributed by atoms with Crippen LogP contribution in [0.3, 0.4) is 0 Å². The van der Waals surface area contributed by atoms with Gasteiger partial charge in [0.25, 0.3) is 0 Å². The van der Waals surface area contributed by atoms with Crippen LogP contribution in [-0.4, -0.2) is 33.0 Å². The summed E-state index contributed by atoms with van der Waals surface area (Å²) < 4.78 is 20.9. The van der Waals surface area contributed by atoms with Crippen molar-refractivity contribution in [2.24, 2.45) is 5.41 Å². The zero-order valence-electron chi connectivity index (χ0n) is 5.35. The van der Waals surface area contributed by atoms with Gasteiger partial charge in [0.2, 0.25) is 10.3 Å². The SMILES string of the molecule is O=S(=O)=C1NCC12CNC2. The molecule has 4 nitrogen and oxygen atoms in total. The van der Waals surface area contributed by atoms with Crippen molar-refractivity contribution in [1.29, 1.82) is 0 Å². The quantitative estimate of drug-likeness (QED) is 0.410. The average Bonchev–Trinajstić information content (AvgIpc) is 1.53. The first kappa shape index (κ1) is 6.33. The molecule has 0 bridgehead atoms. The van der Waals surface area contributed by atoms with E-state index in [1.54, 1.807) is 0 Å². The zero-order valence-corrected chi connectivity index (χ0v) is 6.16. The molecule has 10 heavy (non-hydrogen) atoms. The highest BCUT2D eigenvalue weighted by Gasteiger charge is 2.49. The fourth-order valence-electron chi connectivity index (χ4n) is 1.36. The van der Waals surface area contributed by atoms with Crippen molar-refractivity contribution in [2.75, 3.05) is 19.6 Å². The van der Waals surface area contributed by atoms with Crippen LogP contribution in [0.25, 0.3) is 0 Å². The van der Waals surface area contributed by atoms with E-state index in [4.69, 9.17) is 0 Å². The summed E-state index contributed by atoms with van der Waals surface area (Å²) in [7, 11) is -2.03. The van der Waals surface area contributed by atoms with Gasteiger partial charge in [0.1, 0.15) is 4.99 Å². The molecule has 0 aromatic rings. The summed E-state index contributed by atoms with van der Waals surface area (Å²) in [6.07, 6.45) is 0. The van der Waals surface area contributed by atoms with E-state index in [2.05, 4.69) is 10.6 Å². The van der Waals surface area contributed by atoms with Gasteiger partial charge in [0, 0.05) is 19.6 Å². The van der Waals surface area contributed by atoms with Gasteiger partial charge in [-0.15, -0.1) is 0 Å². The van der Waals surface area contributed by atoms with E-state index in [0.29, 0.717) is 4.99 Å². The van der Waals surface area contributed by atoms with E-state index in [0.717, 1.165) is 19.6 Å². The second-order valence-electron chi connectivity index (χ2n) is 2.80. The Morgan fingerprint density at radius 2 is 2.00 bits per heavy atom. The number of hydrogen-bond acceptors (Lipinski definition) is 3. The lowest BCUT2D eigenvalue weighted by Crippen LogP contribution is -2.73. The molecule has 2 N–H and O–H groups in total. The highest BCUT2D eigenvalue weighted by Crippen LogP contribution is 2.28. The Morgan fingerprint density at radius 3 is 2.10 bits per heavy atom. The lowest BCUT2D eigenvalue weighted by molar-refractivity contribution is 0.223. The van der Waals surface area contributed by atoms with Crippen LogP contribution in [0.1, 0.15) is 0 Å². The molecule has 2 saturated heterocycles. The predicted molar refractivity (Wildman–Crippen MR) is 37.2 cm³/mol. The third-order valence-corrected chi connectivity index (χ3v) is 3.07. The van der Waals surface area contributed by atoms with Crippen molar-refractivity contribution in [3.05, 3.63) is 0 Å². The van der Waals surface area contributed by atoms with Crippen molar-refractivity contribution in [3.63, 3.8) is 0 Å². The van der Waals surface area contributed by atoms with Gasteiger partial charge in [-0.25, -0.2) is 0 Å². The van der Waals surface area contributed by atoms with Crippen LogP contribution < -0.4 is 10.6 Å². The first-order valence-corrected chi connectivity index (χ1v) is 4.23. The van der Waals surface area contributed by atoms with Crippen LogP contribution in [-0.2, 0) is 10.3 Å². The smallest absolute Gasteiger partial charge is 0.228 e. The van der Waals surface area contributed by atoms with E-state index in [1.807, 2.05) is 0 Å². The van der Waals surface area contributed by atoms with Gasteiger partial charge in [0.05, 0.1) is 5.41 Å². The molecule has 0 radical (unpaired) electrons. The van der Waals surface area contributed by atoms with Gasteiger partial charge >= 0.3 is 0 Å². The Bertz CT molecular complexity index is 275. The van der Waals surface area contributed by atoms with Crippen molar-refractivity contribution >= 4 is 15.3 Å². The van der Waals surface area contributed by atoms with Gasteiger partial charge in [0.15, 0.2) is 0 Å². The molecule has 2 heterocycles. The van der Waals surface area contributed by atoms with Gasteiger partial charge < -0.3 is 5.32 Å². The summed E-state index contributed by atoms with van der Waals surface area (Å²) in [4.78, 5) is 0.492. The maximum Gasteiger partial charge on any atom is 0.228 e. The summed E-state index contributed by atoms with van der Waals surface area (Å²) in [5.41, 5.74) is -0.0351. The molecule has 0 amide bonds. The lowest BCUT2D eigenvalue weighted by Gasteiger charge is -2.49. The molecular formula is C5H8N2O2S. The Morgan fingerprint density at radius 1 is 1.30 bits per heavy atom. The van der Waals surface area contributed by atoms with Crippen molar-refractivity contribution in [1.82, 2.24) is 10.6 Å². The van der Waals surface area contributed by atoms with E-state index < -0.39 is 10.3 Å². The van der Waals surface area contributed by atoms with Crippen molar-refractivity contribution in [2.45, 2.75) is 0 Å². The molecule has 2 aliphatic rings. The Kier molecular flexibility index (Phi) is 1.14. The maximum atomic E-state index is 10.5. The predicted octanol–water partition coefficient (Wildman–Crippen LogP) is -1.81. The first-order chi connectivity index (χ1) is 4.75. The molecule has 0 atom stereocenters. The van der Waals surface area contributed by atoms with Crippen LogP contribution in [0.2, 0.25) is 0 Å². The highest BCUT2D eigenvalue weighted by atomic mass is 32.2. The van der Waals surface area contributed by atoms with E-state index >= 15 is 0 Å². The lowest BCUT2D eigenvalue weighted by atomic mass is 9.76. The normalized spacial score (nSPS) is 27.4. The number of rotatable bonds is 0. The molecule has 5 heteroatoms. The number of hydrogen-bond donors (Lipinski definition) is 2. The first-order valence-electron chi connectivity index (χ1n) is 3.16. The van der Waals surface area contributed by atoms with Gasteiger partial charge in [-0.2, -0.15) is 8.42 Å². The van der Waals surface area contributed by atoms with E-state index in [-0.39, 0.29) is 5.41 Å². The molecule has 0 saturated carbocycles. The van der Waals surface area contributed by atoms with Crippen LogP contribution in [0.15, 0.2) is 0 Å². The molecule has 2 aliphatic heterocycles. The molecular weight excluding hydrogens is 152 g/mol. The van der Waals surface area contributed by atoms with E-state index in [9.17, 15) is 8.42 Å². The second-order valence-corrected chi connectivity index (χ2v) is 3.68. The minimum absolute atomic E-state index is 0.0351. The molecule has 0 aliphatic carbocycles. The monoisotopic (exact) mass is 160 g/mol. The van der Waals surface area contributed by atoms with Gasteiger partial charge in [-0.05, 0) is 0 Å². The van der Waals surface area contributed by atoms with Crippen molar-refractivity contribution in [3.8, 4) is 0 Å². The molecule has 0 aromatic heterocycles. The average molecular weight is 160 g/mol. The highest BCUT2D eigenvalue weighted by molar-refractivity contribution is 7.73. The molecule has 0 unspecified atom stereocenters. The minimum atomic E-state index is -2.03. The Balaban J connectivity index is 2.37. The zero-order chi connectivity index (χ0) is 7.19. The maximum absolute atomic E-state index is 10.5. The van der Waals surface area contributed by atoms with Gasteiger partial charge in [-0.3, -0.25) is 5.32 Å². The molecule has 2 fully saturated rings. The summed E-state index contributed by atoms with van der Waals surface area (Å²) in [5.74, 6) is 0. The third kappa shape index (κ3) is 0.596. The Hall–Kier alpha value is -0.390. The standard InChI is InChI=1S/C5H8N2O2S/c8-10(9)4-5(3-7-4)1-6-2-5/h6-7H,1-3H2. The minimum Gasteiger partial charge on any atom is -0.315 e. The second kappa shape index (κ2) is 1.81. The molecule has 0 aromatic carbocycles. The molecule has 1 spiro atoms. The molecule has 2 rings (SSSR count). The van der Waals surface area contributed by atoms with Crippen LogP contribution in [0.5, 0.6) is 0 Å². The fraction of sp³-hybridized carbons (Fsp3) is 0.800. The summed E-state index contributed by atoms with van der Waals surface area (Å²) in [6, 6.07) is 0.